The summed E-state index contributed by atoms with van der Waals surface area (Å²) >= 11 is 0. The molecule has 0 spiro atoms. The number of hydrogen-bond acceptors (Lipinski definition) is 3. The SMILES string of the molecule is N#Cc1ccccc1CNC1CCN2CCCC12. The number of hydrogen-bond donors (Lipinski definition) is 1. The molecule has 2 aliphatic heterocycles. The lowest BCUT2D eigenvalue weighted by Gasteiger charge is -2.21. The highest BCUT2D eigenvalue weighted by molar-refractivity contribution is 5.37. The summed E-state index contributed by atoms with van der Waals surface area (Å²) < 4.78 is 0. The van der Waals surface area contributed by atoms with E-state index < -0.39 is 0 Å². The highest BCUT2D eigenvalue weighted by Crippen LogP contribution is 2.28. The van der Waals surface area contributed by atoms with E-state index >= 15 is 0 Å². The molecular weight excluding hydrogens is 222 g/mol. The molecule has 2 aliphatic rings. The Hall–Kier alpha value is -1.37. The van der Waals surface area contributed by atoms with Gasteiger partial charge in [-0.15, -0.1) is 0 Å². The highest BCUT2D eigenvalue weighted by Gasteiger charge is 2.36. The third-order valence-electron chi connectivity index (χ3n) is 4.30. The van der Waals surface area contributed by atoms with Crippen LogP contribution in [0.3, 0.4) is 0 Å². The Morgan fingerprint density at radius 2 is 2.17 bits per heavy atom. The summed E-state index contributed by atoms with van der Waals surface area (Å²) in [6.45, 7) is 3.33. The second-order valence-corrected chi connectivity index (χ2v) is 5.29. The third kappa shape index (κ3) is 2.14. The van der Waals surface area contributed by atoms with Gasteiger partial charge in [-0.3, -0.25) is 4.90 Å². The summed E-state index contributed by atoms with van der Waals surface area (Å²) in [7, 11) is 0. The largest absolute Gasteiger partial charge is 0.308 e. The van der Waals surface area contributed by atoms with Gasteiger partial charge >= 0.3 is 0 Å². The zero-order chi connectivity index (χ0) is 12.4. The molecule has 0 saturated carbocycles. The molecule has 2 heterocycles. The molecule has 3 rings (SSSR count). The lowest BCUT2D eigenvalue weighted by atomic mass is 10.0. The quantitative estimate of drug-likeness (QED) is 0.878. The number of benzene rings is 1. The van der Waals surface area contributed by atoms with E-state index in [1.54, 1.807) is 0 Å². The van der Waals surface area contributed by atoms with Crippen LogP contribution in [0.15, 0.2) is 24.3 Å². The van der Waals surface area contributed by atoms with Crippen LogP contribution in [0.4, 0.5) is 0 Å². The van der Waals surface area contributed by atoms with E-state index in [1.807, 2.05) is 24.3 Å². The molecule has 0 radical (unpaired) electrons. The molecule has 3 nitrogen and oxygen atoms in total. The maximum Gasteiger partial charge on any atom is 0.0995 e. The van der Waals surface area contributed by atoms with Gasteiger partial charge in [-0.1, -0.05) is 18.2 Å². The van der Waals surface area contributed by atoms with Gasteiger partial charge < -0.3 is 5.32 Å². The van der Waals surface area contributed by atoms with Crippen LogP contribution in [-0.4, -0.2) is 30.1 Å². The maximum absolute atomic E-state index is 9.07. The van der Waals surface area contributed by atoms with Crippen LogP contribution < -0.4 is 5.32 Å². The minimum atomic E-state index is 0.610. The van der Waals surface area contributed by atoms with Crippen LogP contribution in [0, 0.1) is 11.3 Å². The molecule has 1 N–H and O–H groups in total. The minimum absolute atomic E-state index is 0.610. The van der Waals surface area contributed by atoms with Gasteiger partial charge in [-0.2, -0.15) is 5.26 Å². The van der Waals surface area contributed by atoms with Crippen molar-refractivity contribution < 1.29 is 0 Å². The Labute approximate surface area is 108 Å². The Balaban J connectivity index is 1.63. The Morgan fingerprint density at radius 1 is 1.28 bits per heavy atom. The first kappa shape index (κ1) is 11.7. The predicted molar refractivity (Wildman–Crippen MR) is 71.0 cm³/mol. The fourth-order valence-corrected chi connectivity index (χ4v) is 3.35. The molecule has 0 aliphatic carbocycles. The van der Waals surface area contributed by atoms with Crippen molar-refractivity contribution in [3.63, 3.8) is 0 Å². The topological polar surface area (TPSA) is 39.1 Å². The molecule has 1 aromatic carbocycles. The number of nitrogens with zero attached hydrogens (tertiary/aromatic N) is 2. The van der Waals surface area contributed by atoms with E-state index in [-0.39, 0.29) is 0 Å². The molecule has 2 atom stereocenters. The van der Waals surface area contributed by atoms with Crippen LogP contribution in [0.5, 0.6) is 0 Å². The third-order valence-corrected chi connectivity index (χ3v) is 4.30. The first-order valence-corrected chi connectivity index (χ1v) is 6.84. The van der Waals surface area contributed by atoms with E-state index in [0.717, 1.165) is 23.7 Å². The lowest BCUT2D eigenvalue weighted by molar-refractivity contribution is 0.298. The lowest BCUT2D eigenvalue weighted by Crippen LogP contribution is -2.38. The normalized spacial score (nSPS) is 27.1. The molecule has 0 aromatic heterocycles. The van der Waals surface area contributed by atoms with Crippen LogP contribution in [0.1, 0.15) is 30.4 Å². The highest BCUT2D eigenvalue weighted by atomic mass is 15.2. The zero-order valence-electron chi connectivity index (χ0n) is 10.6. The average Bonchev–Trinajstić information content (AvgIpc) is 3.00. The number of rotatable bonds is 3. The van der Waals surface area contributed by atoms with E-state index in [2.05, 4.69) is 16.3 Å². The summed E-state index contributed by atoms with van der Waals surface area (Å²) in [5.74, 6) is 0. The molecule has 2 saturated heterocycles. The van der Waals surface area contributed by atoms with Crippen molar-refractivity contribution in [1.29, 1.82) is 5.26 Å². The van der Waals surface area contributed by atoms with E-state index in [0.29, 0.717) is 6.04 Å². The van der Waals surface area contributed by atoms with Gasteiger partial charge in [-0.05, 0) is 37.4 Å². The standard InChI is InChI=1S/C15H19N3/c16-10-12-4-1-2-5-13(12)11-17-14-7-9-18-8-3-6-15(14)18/h1-2,4-5,14-15,17H,3,6-9,11H2. The van der Waals surface area contributed by atoms with Crippen molar-refractivity contribution in [3.8, 4) is 6.07 Å². The fraction of sp³-hybridized carbons (Fsp3) is 0.533. The summed E-state index contributed by atoms with van der Waals surface area (Å²) in [5.41, 5.74) is 1.92. The van der Waals surface area contributed by atoms with Gasteiger partial charge in [0.2, 0.25) is 0 Å². The van der Waals surface area contributed by atoms with Gasteiger partial charge in [0, 0.05) is 25.2 Å². The summed E-state index contributed by atoms with van der Waals surface area (Å²) in [4.78, 5) is 2.61. The molecule has 94 valence electrons. The van der Waals surface area contributed by atoms with Gasteiger partial charge in [0.1, 0.15) is 0 Å². The van der Waals surface area contributed by atoms with Gasteiger partial charge in [-0.25, -0.2) is 0 Å². The summed E-state index contributed by atoms with van der Waals surface area (Å²) in [5, 5.41) is 12.7. The van der Waals surface area contributed by atoms with E-state index in [9.17, 15) is 0 Å². The van der Waals surface area contributed by atoms with Crippen molar-refractivity contribution >= 4 is 0 Å². The Morgan fingerprint density at radius 3 is 3.06 bits per heavy atom. The first-order valence-electron chi connectivity index (χ1n) is 6.84. The van der Waals surface area contributed by atoms with Crippen molar-refractivity contribution in [2.45, 2.75) is 37.9 Å². The number of nitrogens with one attached hydrogen (secondary N) is 1. The number of nitriles is 1. The van der Waals surface area contributed by atoms with Crippen molar-refractivity contribution in [2.24, 2.45) is 0 Å². The van der Waals surface area contributed by atoms with Crippen molar-refractivity contribution in [2.75, 3.05) is 13.1 Å². The second-order valence-electron chi connectivity index (χ2n) is 5.29. The zero-order valence-corrected chi connectivity index (χ0v) is 10.6. The summed E-state index contributed by atoms with van der Waals surface area (Å²) in [6.07, 6.45) is 3.93. The smallest absolute Gasteiger partial charge is 0.0995 e. The molecular formula is C15H19N3. The number of fused-ring (bicyclic) bond motifs is 1. The summed E-state index contributed by atoms with van der Waals surface area (Å²) in [6, 6.07) is 11.5. The van der Waals surface area contributed by atoms with E-state index in [1.165, 1.54) is 32.4 Å². The molecule has 1 aromatic rings. The van der Waals surface area contributed by atoms with Gasteiger partial charge in [0.25, 0.3) is 0 Å². The molecule has 2 unspecified atom stereocenters. The van der Waals surface area contributed by atoms with Crippen LogP contribution in [-0.2, 0) is 6.54 Å². The molecule has 3 heteroatoms. The average molecular weight is 241 g/mol. The van der Waals surface area contributed by atoms with Crippen LogP contribution >= 0.6 is 0 Å². The predicted octanol–water partition coefficient (Wildman–Crippen LogP) is 1.88. The van der Waals surface area contributed by atoms with Crippen molar-refractivity contribution in [3.05, 3.63) is 35.4 Å². The second kappa shape index (κ2) is 5.09. The van der Waals surface area contributed by atoms with E-state index in [4.69, 9.17) is 5.26 Å². The first-order chi connectivity index (χ1) is 8.88. The minimum Gasteiger partial charge on any atom is -0.308 e. The van der Waals surface area contributed by atoms with Gasteiger partial charge in [0.05, 0.1) is 11.6 Å². The van der Waals surface area contributed by atoms with Crippen molar-refractivity contribution in [1.82, 2.24) is 10.2 Å². The van der Waals surface area contributed by atoms with Crippen LogP contribution in [0.2, 0.25) is 0 Å². The maximum atomic E-state index is 9.07. The van der Waals surface area contributed by atoms with Gasteiger partial charge in [0.15, 0.2) is 0 Å². The monoisotopic (exact) mass is 241 g/mol. The molecule has 2 fully saturated rings. The fourth-order valence-electron chi connectivity index (χ4n) is 3.35. The molecule has 0 amide bonds. The Kier molecular flexibility index (Phi) is 3.31. The molecule has 18 heavy (non-hydrogen) atoms. The van der Waals surface area contributed by atoms with Crippen LogP contribution in [0.25, 0.3) is 0 Å². The molecule has 0 bridgehead atoms. The Bertz CT molecular complexity index is 463.